The number of nitrogens with two attached hydrogens (primary N) is 1. The van der Waals surface area contributed by atoms with Gasteiger partial charge in [0.15, 0.2) is 0 Å². The van der Waals surface area contributed by atoms with Gasteiger partial charge in [-0.25, -0.2) is 0 Å². The zero-order chi connectivity index (χ0) is 11.9. The highest BCUT2D eigenvalue weighted by Gasteiger charge is 2.38. The largest absolute Gasteiger partial charge is 0.324 e. The first-order chi connectivity index (χ1) is 8.24. The lowest BCUT2D eigenvalue weighted by Crippen LogP contribution is -2.29. The first-order valence-electron chi connectivity index (χ1n) is 6.89. The quantitative estimate of drug-likeness (QED) is 0.873. The molecule has 0 spiro atoms. The second kappa shape index (κ2) is 4.09. The molecule has 3 rings (SSSR count). The molecule has 2 saturated carbocycles. The van der Waals surface area contributed by atoms with Crippen LogP contribution >= 0.6 is 0 Å². The van der Waals surface area contributed by atoms with Crippen molar-refractivity contribution >= 4 is 0 Å². The molecule has 0 aliphatic heterocycles. The van der Waals surface area contributed by atoms with Gasteiger partial charge in [-0.15, -0.1) is 10.2 Å². The normalized spacial score (nSPS) is 23.9. The monoisotopic (exact) mass is 234 g/mol. The summed E-state index contributed by atoms with van der Waals surface area (Å²) in [6.45, 7) is 2.87. The molecule has 17 heavy (non-hydrogen) atoms. The van der Waals surface area contributed by atoms with E-state index in [4.69, 9.17) is 5.73 Å². The molecule has 2 aliphatic carbocycles. The molecule has 1 heterocycles. The van der Waals surface area contributed by atoms with Crippen LogP contribution in [0.2, 0.25) is 0 Å². The summed E-state index contributed by atoms with van der Waals surface area (Å²) >= 11 is 0. The Bertz CT molecular complexity index is 400. The van der Waals surface area contributed by atoms with Crippen LogP contribution in [0, 0.1) is 0 Å². The van der Waals surface area contributed by atoms with Gasteiger partial charge in [-0.3, -0.25) is 0 Å². The van der Waals surface area contributed by atoms with Gasteiger partial charge in [0.05, 0.1) is 6.54 Å². The molecule has 0 bridgehead atoms. The maximum Gasteiger partial charge on any atom is 0.147 e. The molecule has 4 nitrogen and oxygen atoms in total. The summed E-state index contributed by atoms with van der Waals surface area (Å²) in [5, 5.41) is 8.78. The SMILES string of the molecule is CC1(c2nnc(CN)n2C2CC2)CCCCC1. The molecule has 0 amide bonds. The third kappa shape index (κ3) is 1.88. The Morgan fingerprint density at radius 2 is 1.94 bits per heavy atom. The molecule has 1 aromatic heterocycles. The molecule has 1 aromatic rings. The minimum Gasteiger partial charge on any atom is -0.324 e. The van der Waals surface area contributed by atoms with E-state index in [9.17, 15) is 0 Å². The predicted octanol–water partition coefficient (Wildman–Crippen LogP) is 2.29. The van der Waals surface area contributed by atoms with Gasteiger partial charge < -0.3 is 10.3 Å². The first kappa shape index (κ1) is 11.2. The Morgan fingerprint density at radius 1 is 1.24 bits per heavy atom. The van der Waals surface area contributed by atoms with Crippen LogP contribution in [0.15, 0.2) is 0 Å². The highest BCUT2D eigenvalue weighted by molar-refractivity contribution is 5.13. The third-order valence-corrected chi connectivity index (χ3v) is 4.36. The molecule has 2 N–H and O–H groups in total. The standard InChI is InChI=1S/C13H22N4/c1-13(7-3-2-4-8-13)12-16-15-11(9-14)17(12)10-5-6-10/h10H,2-9,14H2,1H3. The molecule has 4 heteroatoms. The van der Waals surface area contributed by atoms with Crippen molar-refractivity contribution in [1.82, 2.24) is 14.8 Å². The summed E-state index contributed by atoms with van der Waals surface area (Å²) in [4.78, 5) is 0. The number of aromatic nitrogens is 3. The summed E-state index contributed by atoms with van der Waals surface area (Å²) in [6.07, 6.45) is 9.07. The van der Waals surface area contributed by atoms with E-state index in [1.165, 1.54) is 50.8 Å². The van der Waals surface area contributed by atoms with Crippen molar-refractivity contribution in [2.75, 3.05) is 0 Å². The molecule has 94 valence electrons. The van der Waals surface area contributed by atoms with Gasteiger partial charge in [0.25, 0.3) is 0 Å². The lowest BCUT2D eigenvalue weighted by molar-refractivity contribution is 0.293. The minimum absolute atomic E-state index is 0.237. The van der Waals surface area contributed by atoms with Crippen molar-refractivity contribution in [2.45, 2.75) is 69.9 Å². The Labute approximate surface area is 103 Å². The maximum absolute atomic E-state index is 5.78. The smallest absolute Gasteiger partial charge is 0.147 e. The number of nitrogens with zero attached hydrogens (tertiary/aromatic N) is 3. The van der Waals surface area contributed by atoms with Gasteiger partial charge in [-0.1, -0.05) is 26.2 Å². The lowest BCUT2D eigenvalue weighted by Gasteiger charge is -2.33. The summed E-state index contributed by atoms with van der Waals surface area (Å²) in [5.74, 6) is 2.19. The van der Waals surface area contributed by atoms with Crippen LogP contribution in [0.4, 0.5) is 0 Å². The van der Waals surface area contributed by atoms with Gasteiger partial charge in [0, 0.05) is 11.5 Å². The highest BCUT2D eigenvalue weighted by Crippen LogP contribution is 2.43. The first-order valence-corrected chi connectivity index (χ1v) is 6.89. The van der Waals surface area contributed by atoms with E-state index in [1.54, 1.807) is 0 Å². The summed E-state index contributed by atoms with van der Waals surface area (Å²) in [6, 6.07) is 0.636. The van der Waals surface area contributed by atoms with Crippen molar-refractivity contribution < 1.29 is 0 Å². The molecular weight excluding hydrogens is 212 g/mol. The molecule has 0 atom stereocenters. The fraction of sp³-hybridized carbons (Fsp3) is 0.846. The van der Waals surface area contributed by atoms with Crippen LogP contribution in [0.5, 0.6) is 0 Å². The highest BCUT2D eigenvalue weighted by atomic mass is 15.3. The van der Waals surface area contributed by atoms with E-state index in [0.29, 0.717) is 12.6 Å². The Morgan fingerprint density at radius 3 is 2.53 bits per heavy atom. The van der Waals surface area contributed by atoms with E-state index < -0.39 is 0 Å². The molecule has 0 radical (unpaired) electrons. The van der Waals surface area contributed by atoms with Crippen LogP contribution in [-0.2, 0) is 12.0 Å². The predicted molar refractivity (Wildman–Crippen MR) is 66.6 cm³/mol. The van der Waals surface area contributed by atoms with E-state index in [1.807, 2.05) is 0 Å². The number of hydrogen-bond acceptors (Lipinski definition) is 3. The Hall–Kier alpha value is -0.900. The van der Waals surface area contributed by atoms with Crippen molar-refractivity contribution in [2.24, 2.45) is 5.73 Å². The zero-order valence-corrected chi connectivity index (χ0v) is 10.7. The van der Waals surface area contributed by atoms with Crippen LogP contribution < -0.4 is 5.73 Å². The fourth-order valence-electron chi connectivity index (χ4n) is 3.15. The lowest BCUT2D eigenvalue weighted by atomic mass is 9.75. The maximum atomic E-state index is 5.78. The minimum atomic E-state index is 0.237. The summed E-state index contributed by atoms with van der Waals surface area (Å²) in [5.41, 5.74) is 6.02. The summed E-state index contributed by atoms with van der Waals surface area (Å²) < 4.78 is 2.35. The van der Waals surface area contributed by atoms with Gasteiger partial charge in [-0.2, -0.15) is 0 Å². The van der Waals surface area contributed by atoms with Gasteiger partial charge in [0.2, 0.25) is 0 Å². The van der Waals surface area contributed by atoms with Crippen molar-refractivity contribution in [3.63, 3.8) is 0 Å². The molecule has 0 saturated heterocycles. The van der Waals surface area contributed by atoms with E-state index in [2.05, 4.69) is 21.7 Å². The second-order valence-corrected chi connectivity index (χ2v) is 5.87. The third-order valence-electron chi connectivity index (χ3n) is 4.36. The van der Waals surface area contributed by atoms with Gasteiger partial charge >= 0.3 is 0 Å². The number of hydrogen-bond donors (Lipinski definition) is 1. The van der Waals surface area contributed by atoms with E-state index in [-0.39, 0.29) is 5.41 Å². The average Bonchev–Trinajstić information content (AvgIpc) is 3.08. The van der Waals surface area contributed by atoms with E-state index >= 15 is 0 Å². The van der Waals surface area contributed by atoms with Crippen molar-refractivity contribution in [1.29, 1.82) is 0 Å². The average molecular weight is 234 g/mol. The zero-order valence-electron chi connectivity index (χ0n) is 10.7. The molecule has 0 aromatic carbocycles. The van der Waals surface area contributed by atoms with Crippen LogP contribution in [0.25, 0.3) is 0 Å². The Balaban J connectivity index is 1.98. The Kier molecular flexibility index (Phi) is 2.69. The fourth-order valence-corrected chi connectivity index (χ4v) is 3.15. The summed E-state index contributed by atoms with van der Waals surface area (Å²) in [7, 11) is 0. The molecule has 2 fully saturated rings. The van der Waals surface area contributed by atoms with E-state index in [0.717, 1.165) is 5.82 Å². The van der Waals surface area contributed by atoms with Crippen molar-refractivity contribution in [3.8, 4) is 0 Å². The molecule has 0 unspecified atom stereocenters. The topological polar surface area (TPSA) is 56.7 Å². The van der Waals surface area contributed by atoms with Crippen LogP contribution in [0.3, 0.4) is 0 Å². The van der Waals surface area contributed by atoms with Crippen LogP contribution in [-0.4, -0.2) is 14.8 Å². The van der Waals surface area contributed by atoms with Gasteiger partial charge in [-0.05, 0) is 25.7 Å². The van der Waals surface area contributed by atoms with Gasteiger partial charge in [0.1, 0.15) is 11.6 Å². The number of rotatable bonds is 3. The van der Waals surface area contributed by atoms with Crippen molar-refractivity contribution in [3.05, 3.63) is 11.6 Å². The molecular formula is C13H22N4. The molecule has 2 aliphatic rings. The second-order valence-electron chi connectivity index (χ2n) is 5.87. The van der Waals surface area contributed by atoms with Crippen LogP contribution in [0.1, 0.15) is 69.6 Å².